The van der Waals surface area contributed by atoms with Gasteiger partial charge in [0.05, 0.1) is 12.7 Å². The number of rotatable bonds is 11. The van der Waals surface area contributed by atoms with Crippen molar-refractivity contribution >= 4 is 5.97 Å². The molecule has 0 amide bonds. The van der Waals surface area contributed by atoms with Gasteiger partial charge < -0.3 is 14.6 Å². The van der Waals surface area contributed by atoms with Crippen molar-refractivity contribution in [3.05, 3.63) is 29.3 Å². The maximum atomic E-state index is 11.7. The fourth-order valence-electron chi connectivity index (χ4n) is 5.39. The highest BCUT2D eigenvalue weighted by Crippen LogP contribution is 2.48. The molecule has 4 nitrogen and oxygen atoms in total. The van der Waals surface area contributed by atoms with Crippen LogP contribution in [0.2, 0.25) is 0 Å². The van der Waals surface area contributed by atoms with E-state index in [4.69, 9.17) is 9.47 Å². The van der Waals surface area contributed by atoms with Gasteiger partial charge in [-0.3, -0.25) is 0 Å². The molecular formula is C25H38O4. The summed E-state index contributed by atoms with van der Waals surface area (Å²) in [4.78, 5) is 11.7. The van der Waals surface area contributed by atoms with Crippen LogP contribution in [0.25, 0.3) is 0 Å². The number of hydrogen-bond acceptors (Lipinski definition) is 4. The lowest BCUT2D eigenvalue weighted by Crippen LogP contribution is -2.26. The molecule has 0 saturated heterocycles. The molecule has 162 valence electrons. The third kappa shape index (κ3) is 5.97. The number of ether oxygens (including phenoxy) is 2. The molecule has 2 aliphatic rings. The number of hydrogen-bond donors (Lipinski definition) is 1. The summed E-state index contributed by atoms with van der Waals surface area (Å²) in [6.45, 7) is 4.38. The van der Waals surface area contributed by atoms with Crippen LogP contribution >= 0.6 is 0 Å². The third-order valence-corrected chi connectivity index (χ3v) is 6.93. The van der Waals surface area contributed by atoms with Gasteiger partial charge in [0.25, 0.3) is 0 Å². The zero-order valence-electron chi connectivity index (χ0n) is 18.2. The Balaban J connectivity index is 1.56. The second-order valence-electron chi connectivity index (χ2n) is 8.88. The normalized spacial score (nSPS) is 23.9. The molecule has 0 bridgehead atoms. The maximum Gasteiger partial charge on any atom is 0.344 e. The number of carbonyl (C=O) groups excluding carboxylic acids is 1. The molecule has 4 heteroatoms. The van der Waals surface area contributed by atoms with Crippen molar-refractivity contribution in [3.63, 3.8) is 0 Å². The third-order valence-electron chi connectivity index (χ3n) is 6.93. The molecule has 4 atom stereocenters. The molecule has 1 saturated carbocycles. The van der Waals surface area contributed by atoms with Crippen molar-refractivity contribution in [2.24, 2.45) is 17.8 Å². The molecule has 0 unspecified atom stereocenters. The van der Waals surface area contributed by atoms with Crippen molar-refractivity contribution in [1.82, 2.24) is 0 Å². The van der Waals surface area contributed by atoms with Gasteiger partial charge >= 0.3 is 5.97 Å². The van der Waals surface area contributed by atoms with Crippen LogP contribution in [0.1, 0.15) is 76.3 Å². The van der Waals surface area contributed by atoms with Gasteiger partial charge in [-0.2, -0.15) is 0 Å². The standard InChI is InChI=1S/C25H38O4/c1-3-5-6-9-21(26)14-13-18-11-12-20-16-23-19(15-22(18)20)8-7-10-24(23)29-17-25(27)28-4-2/h7-8,10,18,20-22,26H,3-6,9,11-17H2,1-2H3/t18-,20-,21+,22-/m1/s1. The Hall–Kier alpha value is -1.55. The van der Waals surface area contributed by atoms with Crippen LogP contribution < -0.4 is 4.74 Å². The Morgan fingerprint density at radius 3 is 2.83 bits per heavy atom. The topological polar surface area (TPSA) is 55.8 Å². The van der Waals surface area contributed by atoms with Gasteiger partial charge in [-0.1, -0.05) is 38.3 Å². The van der Waals surface area contributed by atoms with E-state index in [1.165, 1.54) is 36.8 Å². The highest BCUT2D eigenvalue weighted by molar-refractivity contribution is 5.71. The van der Waals surface area contributed by atoms with Crippen LogP contribution in [-0.2, 0) is 22.4 Å². The van der Waals surface area contributed by atoms with E-state index in [1.807, 2.05) is 19.1 Å². The highest BCUT2D eigenvalue weighted by atomic mass is 16.6. The van der Waals surface area contributed by atoms with Crippen LogP contribution in [0.5, 0.6) is 5.75 Å². The van der Waals surface area contributed by atoms with Gasteiger partial charge in [-0.25, -0.2) is 4.79 Å². The first-order valence-corrected chi connectivity index (χ1v) is 11.7. The molecule has 0 aromatic heterocycles. The molecule has 0 radical (unpaired) electrons. The van der Waals surface area contributed by atoms with E-state index in [1.54, 1.807) is 0 Å². The predicted octanol–water partition coefficient (Wildman–Crippen LogP) is 5.09. The van der Waals surface area contributed by atoms with Crippen molar-refractivity contribution in [2.45, 2.75) is 84.2 Å². The van der Waals surface area contributed by atoms with Crippen LogP contribution in [0.4, 0.5) is 0 Å². The predicted molar refractivity (Wildman–Crippen MR) is 115 cm³/mol. The molecular weight excluding hydrogens is 364 g/mol. The van der Waals surface area contributed by atoms with Crippen LogP contribution in [0, 0.1) is 17.8 Å². The van der Waals surface area contributed by atoms with Gasteiger partial charge in [0.2, 0.25) is 0 Å². The van der Waals surface area contributed by atoms with E-state index in [9.17, 15) is 9.90 Å². The van der Waals surface area contributed by atoms with E-state index >= 15 is 0 Å². The summed E-state index contributed by atoms with van der Waals surface area (Å²) < 4.78 is 10.8. The second-order valence-corrected chi connectivity index (χ2v) is 8.88. The van der Waals surface area contributed by atoms with Crippen LogP contribution in [-0.4, -0.2) is 30.4 Å². The van der Waals surface area contributed by atoms with Crippen molar-refractivity contribution in [1.29, 1.82) is 0 Å². The number of carbonyl (C=O) groups is 1. The molecule has 2 aliphatic carbocycles. The summed E-state index contributed by atoms with van der Waals surface area (Å²) in [7, 11) is 0. The number of esters is 1. The first-order valence-electron chi connectivity index (χ1n) is 11.7. The van der Waals surface area contributed by atoms with E-state index in [0.29, 0.717) is 12.5 Å². The molecule has 1 N–H and O–H groups in total. The summed E-state index contributed by atoms with van der Waals surface area (Å²) in [6.07, 6.45) is 11.2. The fourth-order valence-corrected chi connectivity index (χ4v) is 5.39. The quantitative estimate of drug-likeness (QED) is 0.414. The molecule has 0 spiro atoms. The Kier molecular flexibility index (Phi) is 8.40. The molecule has 0 heterocycles. The van der Waals surface area contributed by atoms with Crippen molar-refractivity contribution in [2.75, 3.05) is 13.2 Å². The number of fused-ring (bicyclic) bond motifs is 2. The Morgan fingerprint density at radius 2 is 2.03 bits per heavy atom. The van der Waals surface area contributed by atoms with E-state index in [0.717, 1.165) is 56.1 Å². The zero-order valence-corrected chi connectivity index (χ0v) is 18.2. The van der Waals surface area contributed by atoms with Gasteiger partial charge in [-0.05, 0) is 86.8 Å². The van der Waals surface area contributed by atoms with Crippen LogP contribution in [0.15, 0.2) is 18.2 Å². The molecule has 1 aromatic carbocycles. The van der Waals surface area contributed by atoms with Gasteiger partial charge in [0.15, 0.2) is 6.61 Å². The SMILES string of the molecule is CCCCC[C@H](O)CC[C@H]1CC[C@@H]2Cc3c(cccc3OCC(=O)OCC)C[C@H]12. The summed E-state index contributed by atoms with van der Waals surface area (Å²) in [5, 5.41) is 10.3. The number of aliphatic hydroxyl groups excluding tert-OH is 1. The molecule has 1 fully saturated rings. The van der Waals surface area contributed by atoms with E-state index < -0.39 is 0 Å². The smallest absolute Gasteiger partial charge is 0.344 e. The first-order chi connectivity index (χ1) is 14.1. The van der Waals surface area contributed by atoms with E-state index in [2.05, 4.69) is 13.0 Å². The van der Waals surface area contributed by atoms with Gasteiger partial charge in [0, 0.05) is 0 Å². The minimum Gasteiger partial charge on any atom is -0.482 e. The molecule has 1 aromatic rings. The zero-order chi connectivity index (χ0) is 20.6. The number of unbranched alkanes of at least 4 members (excludes halogenated alkanes) is 2. The maximum absolute atomic E-state index is 11.7. The summed E-state index contributed by atoms with van der Waals surface area (Å²) >= 11 is 0. The lowest BCUT2D eigenvalue weighted by atomic mass is 9.73. The minimum atomic E-state index is -0.308. The highest BCUT2D eigenvalue weighted by Gasteiger charge is 2.39. The average molecular weight is 403 g/mol. The Bertz CT molecular complexity index is 656. The summed E-state index contributed by atoms with van der Waals surface area (Å²) in [5.41, 5.74) is 2.67. The summed E-state index contributed by atoms with van der Waals surface area (Å²) in [5.74, 6) is 2.71. The Labute approximate surface area is 176 Å². The molecule has 0 aliphatic heterocycles. The second kappa shape index (κ2) is 11.0. The van der Waals surface area contributed by atoms with Crippen molar-refractivity contribution in [3.8, 4) is 5.75 Å². The summed E-state index contributed by atoms with van der Waals surface area (Å²) in [6, 6.07) is 6.25. The lowest BCUT2D eigenvalue weighted by Gasteiger charge is -2.32. The largest absolute Gasteiger partial charge is 0.482 e. The lowest BCUT2D eigenvalue weighted by molar-refractivity contribution is -0.145. The van der Waals surface area contributed by atoms with Gasteiger partial charge in [0.1, 0.15) is 5.75 Å². The monoisotopic (exact) mass is 402 g/mol. The number of benzene rings is 1. The molecule has 3 rings (SSSR count). The average Bonchev–Trinajstić information content (AvgIpc) is 3.11. The van der Waals surface area contributed by atoms with Crippen molar-refractivity contribution < 1.29 is 19.4 Å². The minimum absolute atomic E-state index is 0.0169. The van der Waals surface area contributed by atoms with E-state index in [-0.39, 0.29) is 18.7 Å². The fraction of sp³-hybridized carbons (Fsp3) is 0.720. The Morgan fingerprint density at radius 1 is 1.17 bits per heavy atom. The first kappa shape index (κ1) is 22.1. The number of aliphatic hydroxyl groups is 1. The van der Waals surface area contributed by atoms with Crippen LogP contribution in [0.3, 0.4) is 0 Å². The molecule has 29 heavy (non-hydrogen) atoms. The van der Waals surface area contributed by atoms with Gasteiger partial charge in [-0.15, -0.1) is 0 Å².